The maximum atomic E-state index is 12.9. The zero-order valence-corrected chi connectivity index (χ0v) is 13.7. The van der Waals surface area contributed by atoms with Crippen LogP contribution in [-0.2, 0) is 0 Å². The molecule has 0 N–H and O–H groups in total. The van der Waals surface area contributed by atoms with Gasteiger partial charge in [0.05, 0.1) is 5.56 Å². The number of halogens is 1. The number of carbonyl (C=O) groups is 1. The molecule has 0 radical (unpaired) electrons. The third kappa shape index (κ3) is 2.65. The minimum absolute atomic E-state index is 0.218. The van der Waals surface area contributed by atoms with Crippen LogP contribution in [0.15, 0.2) is 22.7 Å². The first-order valence-electron chi connectivity index (χ1n) is 7.74. The molecule has 2 nitrogen and oxygen atoms in total. The van der Waals surface area contributed by atoms with E-state index in [0.29, 0.717) is 6.04 Å². The zero-order chi connectivity index (χ0) is 14.1. The highest BCUT2D eigenvalue weighted by atomic mass is 79.9. The van der Waals surface area contributed by atoms with Crippen molar-refractivity contribution in [2.75, 3.05) is 6.54 Å². The second-order valence-electron chi connectivity index (χ2n) is 6.24. The Hall–Kier alpha value is -0.830. The van der Waals surface area contributed by atoms with E-state index >= 15 is 0 Å². The first kappa shape index (κ1) is 14.1. The standard InChI is InChI=1S/C17H22BrNO/c1-12-8-9-15(18)14(11-12)17(20)19-10-4-7-16(19)13-5-2-3-6-13/h8-9,11,13,16H,2-7,10H2,1H3. The Morgan fingerprint density at radius 2 is 1.95 bits per heavy atom. The normalized spacial score (nSPS) is 23.5. The van der Waals surface area contributed by atoms with Crippen LogP contribution in [0, 0.1) is 12.8 Å². The van der Waals surface area contributed by atoms with Gasteiger partial charge in [0.1, 0.15) is 0 Å². The van der Waals surface area contributed by atoms with Crippen molar-refractivity contribution in [3.05, 3.63) is 33.8 Å². The predicted molar refractivity (Wildman–Crippen MR) is 84.9 cm³/mol. The molecule has 1 amide bonds. The molecule has 1 atom stereocenters. The number of aryl methyl sites for hydroxylation is 1. The van der Waals surface area contributed by atoms with Gasteiger partial charge in [-0.1, -0.05) is 24.5 Å². The summed E-state index contributed by atoms with van der Waals surface area (Å²) in [4.78, 5) is 15.0. The van der Waals surface area contributed by atoms with E-state index in [2.05, 4.69) is 20.8 Å². The van der Waals surface area contributed by atoms with Crippen LogP contribution in [0.3, 0.4) is 0 Å². The van der Waals surface area contributed by atoms with Crippen LogP contribution in [-0.4, -0.2) is 23.4 Å². The first-order chi connectivity index (χ1) is 9.66. The largest absolute Gasteiger partial charge is 0.335 e. The van der Waals surface area contributed by atoms with Gasteiger partial charge in [-0.25, -0.2) is 0 Å². The van der Waals surface area contributed by atoms with Gasteiger partial charge in [0.2, 0.25) is 0 Å². The van der Waals surface area contributed by atoms with Crippen molar-refractivity contribution in [2.24, 2.45) is 5.92 Å². The second kappa shape index (κ2) is 5.88. The minimum Gasteiger partial charge on any atom is -0.335 e. The van der Waals surface area contributed by atoms with Crippen LogP contribution in [0.4, 0.5) is 0 Å². The van der Waals surface area contributed by atoms with E-state index in [9.17, 15) is 4.79 Å². The van der Waals surface area contributed by atoms with Crippen LogP contribution in [0.25, 0.3) is 0 Å². The van der Waals surface area contributed by atoms with E-state index in [1.807, 2.05) is 25.1 Å². The molecule has 20 heavy (non-hydrogen) atoms. The fraction of sp³-hybridized carbons (Fsp3) is 0.588. The molecule has 1 aliphatic heterocycles. The quantitative estimate of drug-likeness (QED) is 0.776. The lowest BCUT2D eigenvalue weighted by molar-refractivity contribution is 0.0688. The summed E-state index contributed by atoms with van der Waals surface area (Å²) in [5, 5.41) is 0. The molecule has 0 spiro atoms. The number of amides is 1. The summed E-state index contributed by atoms with van der Waals surface area (Å²) in [5.74, 6) is 0.958. The van der Waals surface area contributed by atoms with Gasteiger partial charge in [-0.2, -0.15) is 0 Å². The molecule has 1 aliphatic carbocycles. The topological polar surface area (TPSA) is 20.3 Å². The number of likely N-dealkylation sites (tertiary alicyclic amines) is 1. The third-order valence-corrected chi connectivity index (χ3v) is 5.55. The van der Waals surface area contributed by atoms with Gasteiger partial charge in [-0.3, -0.25) is 4.79 Å². The lowest BCUT2D eigenvalue weighted by Crippen LogP contribution is -2.39. The van der Waals surface area contributed by atoms with Crippen molar-refractivity contribution in [3.8, 4) is 0 Å². The summed E-state index contributed by atoms with van der Waals surface area (Å²) in [7, 11) is 0. The lowest BCUT2D eigenvalue weighted by Gasteiger charge is -2.30. The third-order valence-electron chi connectivity index (χ3n) is 4.86. The van der Waals surface area contributed by atoms with Crippen molar-refractivity contribution >= 4 is 21.8 Å². The average Bonchev–Trinajstić information content (AvgIpc) is 3.10. The van der Waals surface area contributed by atoms with E-state index in [1.54, 1.807) is 0 Å². The zero-order valence-electron chi connectivity index (χ0n) is 12.1. The first-order valence-corrected chi connectivity index (χ1v) is 8.53. The Labute approximate surface area is 129 Å². The fourth-order valence-corrected chi connectivity index (χ4v) is 4.25. The highest BCUT2D eigenvalue weighted by molar-refractivity contribution is 9.10. The maximum Gasteiger partial charge on any atom is 0.255 e. The Kier molecular flexibility index (Phi) is 4.16. The SMILES string of the molecule is Cc1ccc(Br)c(C(=O)N2CCCC2C2CCCC2)c1. The molecule has 3 rings (SSSR count). The molecule has 1 aromatic rings. The van der Waals surface area contributed by atoms with Crippen molar-refractivity contribution < 1.29 is 4.79 Å². The molecule has 0 bridgehead atoms. The Morgan fingerprint density at radius 1 is 1.20 bits per heavy atom. The van der Waals surface area contributed by atoms with Gasteiger partial charge >= 0.3 is 0 Å². The van der Waals surface area contributed by atoms with Gasteiger partial charge < -0.3 is 4.90 Å². The molecule has 108 valence electrons. The average molecular weight is 336 g/mol. The van der Waals surface area contributed by atoms with Crippen molar-refractivity contribution in [1.29, 1.82) is 0 Å². The highest BCUT2D eigenvalue weighted by Crippen LogP contribution is 2.36. The van der Waals surface area contributed by atoms with Crippen LogP contribution in [0.1, 0.15) is 54.4 Å². The number of hydrogen-bond donors (Lipinski definition) is 0. The predicted octanol–water partition coefficient (Wildman–Crippen LogP) is 4.55. The molecular weight excluding hydrogens is 314 g/mol. The Bertz CT molecular complexity index is 508. The van der Waals surface area contributed by atoms with Gasteiger partial charge in [0.25, 0.3) is 5.91 Å². The smallest absolute Gasteiger partial charge is 0.255 e. The molecule has 1 saturated carbocycles. The van der Waals surface area contributed by atoms with Crippen molar-refractivity contribution in [1.82, 2.24) is 4.90 Å². The van der Waals surface area contributed by atoms with Gasteiger partial charge in [0, 0.05) is 17.1 Å². The molecule has 1 unspecified atom stereocenters. The molecular formula is C17H22BrNO. The minimum atomic E-state index is 0.218. The molecule has 3 heteroatoms. The molecule has 2 aliphatic rings. The number of carbonyl (C=O) groups excluding carboxylic acids is 1. The summed E-state index contributed by atoms with van der Waals surface area (Å²) < 4.78 is 0.921. The summed E-state index contributed by atoms with van der Waals surface area (Å²) >= 11 is 3.53. The molecule has 2 fully saturated rings. The molecule has 1 heterocycles. The number of rotatable bonds is 2. The Balaban J connectivity index is 1.83. The van der Waals surface area contributed by atoms with Crippen molar-refractivity contribution in [2.45, 2.75) is 51.5 Å². The number of nitrogens with zero attached hydrogens (tertiary/aromatic N) is 1. The summed E-state index contributed by atoms with van der Waals surface area (Å²) in [6, 6.07) is 6.52. The number of hydrogen-bond acceptors (Lipinski definition) is 1. The number of benzene rings is 1. The van der Waals surface area contributed by atoms with Crippen LogP contribution in [0.5, 0.6) is 0 Å². The van der Waals surface area contributed by atoms with E-state index in [0.717, 1.165) is 34.5 Å². The van der Waals surface area contributed by atoms with E-state index in [1.165, 1.54) is 32.1 Å². The van der Waals surface area contributed by atoms with Crippen LogP contribution < -0.4 is 0 Å². The lowest BCUT2D eigenvalue weighted by atomic mass is 9.95. The van der Waals surface area contributed by atoms with E-state index in [4.69, 9.17) is 0 Å². The second-order valence-corrected chi connectivity index (χ2v) is 7.09. The van der Waals surface area contributed by atoms with Crippen LogP contribution >= 0.6 is 15.9 Å². The monoisotopic (exact) mass is 335 g/mol. The summed E-state index contributed by atoms with van der Waals surface area (Å²) in [5.41, 5.74) is 1.98. The summed E-state index contributed by atoms with van der Waals surface area (Å²) in [6.07, 6.45) is 7.66. The highest BCUT2D eigenvalue weighted by Gasteiger charge is 2.36. The van der Waals surface area contributed by atoms with E-state index < -0.39 is 0 Å². The molecule has 1 saturated heterocycles. The van der Waals surface area contributed by atoms with Gasteiger partial charge in [0.15, 0.2) is 0 Å². The van der Waals surface area contributed by atoms with Crippen LogP contribution in [0.2, 0.25) is 0 Å². The molecule has 0 aromatic heterocycles. The van der Waals surface area contributed by atoms with E-state index in [-0.39, 0.29) is 5.91 Å². The molecule has 1 aromatic carbocycles. The maximum absolute atomic E-state index is 12.9. The van der Waals surface area contributed by atoms with Gasteiger partial charge in [-0.05, 0) is 66.6 Å². The van der Waals surface area contributed by atoms with Gasteiger partial charge in [-0.15, -0.1) is 0 Å². The Morgan fingerprint density at radius 3 is 2.70 bits per heavy atom. The fourth-order valence-electron chi connectivity index (χ4n) is 3.83. The summed E-state index contributed by atoms with van der Waals surface area (Å²) in [6.45, 7) is 2.97. The van der Waals surface area contributed by atoms with Crippen molar-refractivity contribution in [3.63, 3.8) is 0 Å².